The first-order valence-electron chi connectivity index (χ1n) is 6.12. The molecule has 108 valence electrons. The molecule has 0 aliphatic heterocycles. The highest BCUT2D eigenvalue weighted by Gasteiger charge is 2.23. The Morgan fingerprint density at radius 1 is 1.15 bits per heavy atom. The Kier molecular flexibility index (Phi) is 3.81. The molecule has 0 aliphatic rings. The van der Waals surface area contributed by atoms with E-state index in [0.29, 0.717) is 22.3 Å². The minimum atomic E-state index is 0.549. The summed E-state index contributed by atoms with van der Waals surface area (Å²) in [5.74, 6) is 1.88. The fourth-order valence-electron chi connectivity index (χ4n) is 2.37. The van der Waals surface area contributed by atoms with Crippen LogP contribution in [0, 0.1) is 13.8 Å². The number of rotatable bonds is 3. The van der Waals surface area contributed by atoms with Gasteiger partial charge in [0.25, 0.3) is 0 Å². The van der Waals surface area contributed by atoms with Gasteiger partial charge in [0, 0.05) is 29.3 Å². The molecule has 0 atom stereocenters. The highest BCUT2D eigenvalue weighted by Crippen LogP contribution is 2.47. The standard InChI is InChI=1S/C14H18ClN3O2/c1-7-10(9-6-17-18(3)14(9)16)12(19-4)8(2)11(15)13(7)20-5/h6H,16H2,1-5H3. The van der Waals surface area contributed by atoms with E-state index >= 15 is 0 Å². The van der Waals surface area contributed by atoms with E-state index in [1.807, 2.05) is 13.8 Å². The average Bonchev–Trinajstić information content (AvgIpc) is 2.75. The molecule has 0 saturated heterocycles. The summed E-state index contributed by atoms with van der Waals surface area (Å²) in [6.07, 6.45) is 1.72. The van der Waals surface area contributed by atoms with Crippen molar-refractivity contribution in [1.29, 1.82) is 0 Å². The first-order valence-corrected chi connectivity index (χ1v) is 6.50. The van der Waals surface area contributed by atoms with Crippen molar-refractivity contribution in [3.05, 3.63) is 22.3 Å². The van der Waals surface area contributed by atoms with Gasteiger partial charge in [0.2, 0.25) is 0 Å². The van der Waals surface area contributed by atoms with Crippen LogP contribution in [0.2, 0.25) is 5.02 Å². The second-order valence-electron chi connectivity index (χ2n) is 4.57. The Morgan fingerprint density at radius 2 is 1.75 bits per heavy atom. The van der Waals surface area contributed by atoms with E-state index in [0.717, 1.165) is 22.3 Å². The number of methoxy groups -OCH3 is 2. The predicted molar refractivity (Wildman–Crippen MR) is 80.6 cm³/mol. The molecule has 2 N–H and O–H groups in total. The lowest BCUT2D eigenvalue weighted by atomic mass is 9.97. The lowest BCUT2D eigenvalue weighted by Gasteiger charge is -2.19. The van der Waals surface area contributed by atoms with Gasteiger partial charge >= 0.3 is 0 Å². The molecule has 0 unspecified atom stereocenters. The molecule has 0 saturated carbocycles. The molecule has 0 amide bonds. The summed E-state index contributed by atoms with van der Waals surface area (Å²) in [6.45, 7) is 3.81. The number of hydrogen-bond donors (Lipinski definition) is 1. The summed E-state index contributed by atoms with van der Waals surface area (Å²) < 4.78 is 12.5. The molecule has 0 radical (unpaired) electrons. The van der Waals surface area contributed by atoms with Crippen LogP contribution in [0.3, 0.4) is 0 Å². The molecule has 2 rings (SSSR count). The van der Waals surface area contributed by atoms with Crippen molar-refractivity contribution in [1.82, 2.24) is 9.78 Å². The summed E-state index contributed by atoms with van der Waals surface area (Å²) in [7, 11) is 5.00. The number of ether oxygens (including phenoxy) is 2. The van der Waals surface area contributed by atoms with Gasteiger partial charge in [-0.25, -0.2) is 0 Å². The summed E-state index contributed by atoms with van der Waals surface area (Å²) in [5.41, 5.74) is 9.43. The van der Waals surface area contributed by atoms with Gasteiger partial charge in [-0.05, 0) is 13.8 Å². The van der Waals surface area contributed by atoms with E-state index in [1.54, 1.807) is 32.1 Å². The van der Waals surface area contributed by atoms with Crippen LogP contribution in [0.25, 0.3) is 11.1 Å². The molecule has 0 fully saturated rings. The lowest BCUT2D eigenvalue weighted by molar-refractivity contribution is 0.400. The largest absolute Gasteiger partial charge is 0.496 e. The Labute approximate surface area is 123 Å². The number of halogens is 1. The highest BCUT2D eigenvalue weighted by atomic mass is 35.5. The van der Waals surface area contributed by atoms with Crippen molar-refractivity contribution in [3.8, 4) is 22.6 Å². The van der Waals surface area contributed by atoms with E-state index < -0.39 is 0 Å². The Morgan fingerprint density at radius 3 is 2.20 bits per heavy atom. The second kappa shape index (κ2) is 5.25. The molecule has 1 heterocycles. The quantitative estimate of drug-likeness (QED) is 0.945. The van der Waals surface area contributed by atoms with E-state index in [-0.39, 0.29) is 0 Å². The third-order valence-electron chi connectivity index (χ3n) is 3.47. The van der Waals surface area contributed by atoms with Crippen molar-refractivity contribution in [2.45, 2.75) is 13.8 Å². The molecule has 20 heavy (non-hydrogen) atoms. The summed E-state index contributed by atoms with van der Waals surface area (Å²) in [5, 5.41) is 4.73. The van der Waals surface area contributed by atoms with Crippen molar-refractivity contribution >= 4 is 17.4 Å². The van der Waals surface area contributed by atoms with Crippen LogP contribution >= 0.6 is 11.6 Å². The number of aromatic nitrogens is 2. The predicted octanol–water partition coefficient (Wildman–Crippen LogP) is 2.96. The van der Waals surface area contributed by atoms with E-state index in [4.69, 9.17) is 26.8 Å². The van der Waals surface area contributed by atoms with E-state index in [2.05, 4.69) is 5.10 Å². The zero-order valence-corrected chi connectivity index (χ0v) is 13.0. The van der Waals surface area contributed by atoms with Crippen molar-refractivity contribution in [3.63, 3.8) is 0 Å². The molecule has 1 aromatic heterocycles. The van der Waals surface area contributed by atoms with Crippen LogP contribution < -0.4 is 15.2 Å². The van der Waals surface area contributed by atoms with Gasteiger partial charge in [0.1, 0.15) is 17.3 Å². The van der Waals surface area contributed by atoms with Gasteiger partial charge in [-0.15, -0.1) is 0 Å². The molecule has 6 heteroatoms. The van der Waals surface area contributed by atoms with Crippen LogP contribution in [-0.4, -0.2) is 24.0 Å². The Hall–Kier alpha value is -1.88. The minimum Gasteiger partial charge on any atom is -0.496 e. The molecule has 0 aliphatic carbocycles. The summed E-state index contributed by atoms with van der Waals surface area (Å²) in [4.78, 5) is 0. The topological polar surface area (TPSA) is 62.3 Å². The number of nitrogens with zero attached hydrogens (tertiary/aromatic N) is 2. The van der Waals surface area contributed by atoms with Gasteiger partial charge < -0.3 is 15.2 Å². The maximum Gasteiger partial charge on any atom is 0.141 e. The average molecular weight is 296 g/mol. The Balaban J connectivity index is 2.87. The third kappa shape index (κ3) is 1.98. The minimum absolute atomic E-state index is 0.549. The number of aryl methyl sites for hydroxylation is 1. The maximum atomic E-state index is 6.33. The molecule has 5 nitrogen and oxygen atoms in total. The highest BCUT2D eigenvalue weighted by molar-refractivity contribution is 6.33. The van der Waals surface area contributed by atoms with Gasteiger partial charge in [0.05, 0.1) is 25.4 Å². The first-order chi connectivity index (χ1) is 9.43. The second-order valence-corrected chi connectivity index (χ2v) is 4.95. The van der Waals surface area contributed by atoms with Crippen molar-refractivity contribution in [2.24, 2.45) is 7.05 Å². The van der Waals surface area contributed by atoms with Gasteiger partial charge in [-0.1, -0.05) is 11.6 Å². The number of nitrogen functional groups attached to an aromatic ring is 1. The lowest BCUT2D eigenvalue weighted by Crippen LogP contribution is -2.02. The van der Waals surface area contributed by atoms with Crippen LogP contribution in [0.4, 0.5) is 5.82 Å². The smallest absolute Gasteiger partial charge is 0.141 e. The zero-order chi connectivity index (χ0) is 15.0. The molecule has 0 bridgehead atoms. The monoisotopic (exact) mass is 295 g/mol. The molecular formula is C14H18ClN3O2. The van der Waals surface area contributed by atoms with Crippen LogP contribution in [-0.2, 0) is 7.05 Å². The normalized spacial score (nSPS) is 10.7. The fourth-order valence-corrected chi connectivity index (χ4v) is 2.67. The van der Waals surface area contributed by atoms with Crippen molar-refractivity contribution in [2.75, 3.05) is 20.0 Å². The SMILES string of the molecule is COc1c(C)c(-c2cnn(C)c2N)c(OC)c(C)c1Cl. The van der Waals surface area contributed by atoms with Crippen LogP contribution in [0.1, 0.15) is 11.1 Å². The summed E-state index contributed by atoms with van der Waals surface area (Å²) in [6, 6.07) is 0. The van der Waals surface area contributed by atoms with Crippen LogP contribution in [0.15, 0.2) is 6.20 Å². The number of hydrogen-bond acceptors (Lipinski definition) is 4. The maximum absolute atomic E-state index is 6.33. The number of benzene rings is 1. The Bertz CT molecular complexity index is 665. The number of nitrogens with two attached hydrogens (primary N) is 1. The van der Waals surface area contributed by atoms with Gasteiger partial charge in [0.15, 0.2) is 0 Å². The van der Waals surface area contributed by atoms with E-state index in [1.165, 1.54) is 0 Å². The molecule has 2 aromatic rings. The van der Waals surface area contributed by atoms with E-state index in [9.17, 15) is 0 Å². The summed E-state index contributed by atoms with van der Waals surface area (Å²) >= 11 is 6.33. The molecule has 0 spiro atoms. The first kappa shape index (κ1) is 14.5. The molecule has 1 aromatic carbocycles. The molecular weight excluding hydrogens is 278 g/mol. The van der Waals surface area contributed by atoms with Crippen molar-refractivity contribution < 1.29 is 9.47 Å². The third-order valence-corrected chi connectivity index (χ3v) is 3.93. The number of anilines is 1. The van der Waals surface area contributed by atoms with Gasteiger partial charge in [-0.2, -0.15) is 5.10 Å². The van der Waals surface area contributed by atoms with Gasteiger partial charge in [-0.3, -0.25) is 4.68 Å². The zero-order valence-electron chi connectivity index (χ0n) is 12.2. The van der Waals surface area contributed by atoms with Crippen LogP contribution in [0.5, 0.6) is 11.5 Å². The fraction of sp³-hybridized carbons (Fsp3) is 0.357.